The van der Waals surface area contributed by atoms with Crippen LogP contribution in [0.1, 0.15) is 17.5 Å². The second-order valence-corrected chi connectivity index (χ2v) is 7.04. The summed E-state index contributed by atoms with van der Waals surface area (Å²) in [4.78, 5) is 39.7. The summed E-state index contributed by atoms with van der Waals surface area (Å²) in [6.07, 6.45) is -0.210. The Morgan fingerprint density at radius 2 is 1.89 bits per heavy atom. The van der Waals surface area contributed by atoms with Crippen molar-refractivity contribution in [3.63, 3.8) is 0 Å². The second-order valence-electron chi connectivity index (χ2n) is 7.04. The highest BCUT2D eigenvalue weighted by atomic mass is 16.6. The summed E-state index contributed by atoms with van der Waals surface area (Å²) in [5.74, 6) is -0.482. The summed E-state index contributed by atoms with van der Waals surface area (Å²) in [5.41, 5.74) is 3.32. The fourth-order valence-electron chi connectivity index (χ4n) is 3.46. The third kappa shape index (κ3) is 3.55. The summed E-state index contributed by atoms with van der Waals surface area (Å²) in [6.45, 7) is 3.37. The van der Waals surface area contributed by atoms with Gasteiger partial charge in [0.25, 0.3) is 5.91 Å². The van der Waals surface area contributed by atoms with Gasteiger partial charge >= 0.3 is 6.09 Å². The van der Waals surface area contributed by atoms with E-state index in [0.29, 0.717) is 25.4 Å². The van der Waals surface area contributed by atoms with Gasteiger partial charge in [0.2, 0.25) is 5.91 Å². The maximum absolute atomic E-state index is 12.8. The molecular weight excluding hydrogens is 358 g/mol. The van der Waals surface area contributed by atoms with Gasteiger partial charge in [-0.25, -0.2) is 9.69 Å². The van der Waals surface area contributed by atoms with Gasteiger partial charge in [-0.15, -0.1) is 0 Å². The fourth-order valence-corrected chi connectivity index (χ4v) is 3.46. The Morgan fingerprint density at radius 1 is 1.11 bits per heavy atom. The van der Waals surface area contributed by atoms with E-state index >= 15 is 0 Å². The Hall–Kier alpha value is -3.35. The van der Waals surface area contributed by atoms with E-state index in [1.165, 1.54) is 4.90 Å². The van der Waals surface area contributed by atoms with E-state index in [2.05, 4.69) is 5.32 Å². The van der Waals surface area contributed by atoms with Crippen LogP contribution >= 0.6 is 0 Å². The first kappa shape index (κ1) is 18.0. The number of rotatable bonds is 5. The van der Waals surface area contributed by atoms with Crippen LogP contribution in [0.15, 0.2) is 48.5 Å². The Bertz CT molecular complexity index is 926. The van der Waals surface area contributed by atoms with E-state index in [1.54, 1.807) is 17.0 Å². The van der Waals surface area contributed by atoms with E-state index in [9.17, 15) is 14.4 Å². The van der Waals surface area contributed by atoms with E-state index < -0.39 is 6.04 Å². The van der Waals surface area contributed by atoms with Gasteiger partial charge in [-0.05, 0) is 36.8 Å². The Morgan fingerprint density at radius 3 is 2.61 bits per heavy atom. The van der Waals surface area contributed by atoms with Crippen molar-refractivity contribution in [3.05, 3.63) is 59.7 Å². The van der Waals surface area contributed by atoms with Gasteiger partial charge in [-0.3, -0.25) is 9.59 Å². The first-order valence-corrected chi connectivity index (χ1v) is 9.22. The van der Waals surface area contributed by atoms with Crippen molar-refractivity contribution in [1.82, 2.24) is 4.90 Å². The number of ether oxygens (including phenoxy) is 1. The number of carbonyl (C=O) groups is 3. The number of hydrogen-bond acceptors (Lipinski definition) is 5. The average Bonchev–Trinajstić information content (AvgIpc) is 3.19. The summed E-state index contributed by atoms with van der Waals surface area (Å²) in [7, 11) is 0. The molecule has 7 heteroatoms. The predicted molar refractivity (Wildman–Crippen MR) is 104 cm³/mol. The van der Waals surface area contributed by atoms with Crippen molar-refractivity contribution in [2.45, 2.75) is 25.9 Å². The lowest BCUT2D eigenvalue weighted by Gasteiger charge is -2.17. The SMILES string of the molecule is Cc1ccc(N2C(=O)C[C@H](Nc3cccc(CN4CCOC4=O)c3)C2=O)cc1. The lowest BCUT2D eigenvalue weighted by atomic mass is 10.1. The maximum atomic E-state index is 12.8. The number of carbonyl (C=O) groups excluding carboxylic acids is 3. The number of nitrogens with zero attached hydrogens (tertiary/aromatic N) is 2. The number of imide groups is 1. The molecule has 0 spiro atoms. The van der Waals surface area contributed by atoms with E-state index in [4.69, 9.17) is 4.74 Å². The Kier molecular flexibility index (Phi) is 4.73. The van der Waals surface area contributed by atoms with Gasteiger partial charge in [-0.2, -0.15) is 0 Å². The molecule has 7 nitrogen and oxygen atoms in total. The highest BCUT2D eigenvalue weighted by molar-refractivity contribution is 6.23. The predicted octanol–water partition coefficient (Wildman–Crippen LogP) is 2.69. The average molecular weight is 379 g/mol. The standard InChI is InChI=1S/C21H21N3O4/c1-14-5-7-17(8-6-14)24-19(25)12-18(20(24)26)22-16-4-2-3-15(11-16)13-23-9-10-28-21(23)27/h2-8,11,18,22H,9-10,12-13H2,1H3/t18-/m0/s1. The van der Waals surface area contributed by atoms with Gasteiger partial charge in [0.05, 0.1) is 18.7 Å². The minimum Gasteiger partial charge on any atom is -0.448 e. The molecule has 1 N–H and O–H groups in total. The molecule has 2 saturated heterocycles. The van der Waals surface area contributed by atoms with Crippen LogP contribution in [0.5, 0.6) is 0 Å². The highest BCUT2D eigenvalue weighted by Gasteiger charge is 2.39. The van der Waals surface area contributed by atoms with Gasteiger partial charge in [0.15, 0.2) is 0 Å². The first-order chi connectivity index (χ1) is 13.5. The summed E-state index contributed by atoms with van der Waals surface area (Å²) in [5, 5.41) is 3.16. The van der Waals surface area contributed by atoms with Crippen LogP contribution in [0.25, 0.3) is 0 Å². The van der Waals surface area contributed by atoms with Crippen molar-refractivity contribution in [2.24, 2.45) is 0 Å². The minimum absolute atomic E-state index is 0.107. The molecule has 3 amide bonds. The molecule has 2 heterocycles. The zero-order valence-corrected chi connectivity index (χ0v) is 15.6. The molecule has 2 aromatic rings. The van der Waals surface area contributed by atoms with E-state index in [0.717, 1.165) is 16.8 Å². The summed E-state index contributed by atoms with van der Waals surface area (Å²) < 4.78 is 4.95. The molecule has 1 atom stereocenters. The molecule has 0 unspecified atom stereocenters. The normalized spacial score (nSPS) is 19.3. The van der Waals surface area contributed by atoms with Crippen LogP contribution in [-0.4, -0.2) is 42.0 Å². The topological polar surface area (TPSA) is 79.0 Å². The molecule has 0 aromatic heterocycles. The smallest absolute Gasteiger partial charge is 0.410 e. The molecule has 28 heavy (non-hydrogen) atoms. The fraction of sp³-hybridized carbons (Fsp3) is 0.286. The molecule has 0 radical (unpaired) electrons. The third-order valence-electron chi connectivity index (χ3n) is 4.93. The lowest BCUT2D eigenvalue weighted by Crippen LogP contribution is -2.34. The molecule has 2 aromatic carbocycles. The number of benzene rings is 2. The van der Waals surface area contributed by atoms with Gasteiger partial charge in [0, 0.05) is 12.2 Å². The van der Waals surface area contributed by atoms with Crippen LogP contribution in [-0.2, 0) is 20.9 Å². The lowest BCUT2D eigenvalue weighted by molar-refractivity contribution is -0.121. The zero-order valence-electron chi connectivity index (χ0n) is 15.6. The molecule has 144 valence electrons. The highest BCUT2D eigenvalue weighted by Crippen LogP contribution is 2.25. The molecule has 2 aliphatic heterocycles. The zero-order chi connectivity index (χ0) is 19.7. The van der Waals surface area contributed by atoms with Crippen molar-refractivity contribution in [1.29, 1.82) is 0 Å². The number of hydrogen-bond donors (Lipinski definition) is 1. The third-order valence-corrected chi connectivity index (χ3v) is 4.93. The van der Waals surface area contributed by atoms with Crippen LogP contribution in [0, 0.1) is 6.92 Å². The van der Waals surface area contributed by atoms with Crippen molar-refractivity contribution >= 4 is 29.3 Å². The van der Waals surface area contributed by atoms with Crippen molar-refractivity contribution in [3.8, 4) is 0 Å². The van der Waals surface area contributed by atoms with Crippen LogP contribution in [0.3, 0.4) is 0 Å². The molecule has 0 saturated carbocycles. The number of nitrogens with one attached hydrogen (secondary N) is 1. The van der Waals surface area contributed by atoms with Crippen LogP contribution < -0.4 is 10.2 Å². The number of aryl methyl sites for hydroxylation is 1. The van der Waals surface area contributed by atoms with Crippen LogP contribution in [0.4, 0.5) is 16.2 Å². The maximum Gasteiger partial charge on any atom is 0.410 e. The summed E-state index contributed by atoms with van der Waals surface area (Å²) in [6, 6.07) is 14.2. The minimum atomic E-state index is -0.610. The van der Waals surface area contributed by atoms with Gasteiger partial charge in [0.1, 0.15) is 12.6 Å². The quantitative estimate of drug-likeness (QED) is 0.808. The Labute approximate surface area is 162 Å². The van der Waals surface area contributed by atoms with Gasteiger partial charge < -0.3 is 15.0 Å². The van der Waals surface area contributed by atoms with Crippen molar-refractivity contribution in [2.75, 3.05) is 23.4 Å². The van der Waals surface area contributed by atoms with E-state index in [-0.39, 0.29) is 24.3 Å². The summed E-state index contributed by atoms with van der Waals surface area (Å²) >= 11 is 0. The number of cyclic esters (lactones) is 1. The molecule has 2 aliphatic rings. The number of amides is 3. The molecule has 0 bridgehead atoms. The van der Waals surface area contributed by atoms with Crippen molar-refractivity contribution < 1.29 is 19.1 Å². The molecular formula is C21H21N3O4. The second kappa shape index (κ2) is 7.34. The molecule has 0 aliphatic carbocycles. The molecule has 2 fully saturated rings. The van der Waals surface area contributed by atoms with Gasteiger partial charge in [-0.1, -0.05) is 29.8 Å². The Balaban J connectivity index is 1.46. The number of anilines is 2. The molecule has 4 rings (SSSR count). The largest absolute Gasteiger partial charge is 0.448 e. The first-order valence-electron chi connectivity index (χ1n) is 9.22. The monoisotopic (exact) mass is 379 g/mol. The van der Waals surface area contributed by atoms with E-state index in [1.807, 2.05) is 43.3 Å². The van der Waals surface area contributed by atoms with Crippen LogP contribution in [0.2, 0.25) is 0 Å².